The molecule has 0 bridgehead atoms. The number of nitrogens with one attached hydrogen (secondary N) is 1. The lowest BCUT2D eigenvalue weighted by atomic mass is 10.2. The summed E-state index contributed by atoms with van der Waals surface area (Å²) in [7, 11) is -1.20. The number of sulfone groups is 1. The first-order chi connectivity index (χ1) is 10.7. The third-order valence-electron chi connectivity index (χ3n) is 3.51. The van der Waals surface area contributed by atoms with E-state index in [1.807, 2.05) is 37.1 Å². The topological polar surface area (TPSA) is 61.8 Å². The second-order valence-corrected chi connectivity index (χ2v) is 9.37. The summed E-state index contributed by atoms with van der Waals surface area (Å²) in [5, 5.41) is 3.21. The van der Waals surface area contributed by atoms with Gasteiger partial charge in [-0.2, -0.15) is 0 Å². The van der Waals surface area contributed by atoms with E-state index in [2.05, 4.69) is 22.4 Å². The van der Waals surface area contributed by atoms with Crippen LogP contribution in [0.5, 0.6) is 0 Å². The van der Waals surface area contributed by atoms with Gasteiger partial charge in [0.05, 0.1) is 17.0 Å². The van der Waals surface area contributed by atoms with E-state index >= 15 is 0 Å². The van der Waals surface area contributed by atoms with Gasteiger partial charge in [-0.15, -0.1) is 24.0 Å². The summed E-state index contributed by atoms with van der Waals surface area (Å²) in [6.45, 7) is 8.89. The number of guanidine groups is 1. The Labute approximate surface area is 163 Å². The van der Waals surface area contributed by atoms with Gasteiger partial charge in [-0.3, -0.25) is 4.99 Å². The lowest BCUT2D eigenvalue weighted by Gasteiger charge is -2.23. The van der Waals surface area contributed by atoms with Crippen LogP contribution in [-0.2, 0) is 16.4 Å². The Hall–Kier alpha value is -0.830. The minimum absolute atomic E-state index is 0. The first kappa shape index (κ1) is 23.2. The van der Waals surface area contributed by atoms with Crippen LogP contribution in [0.3, 0.4) is 0 Å². The lowest BCUT2D eigenvalue weighted by molar-refractivity contribution is 0.477. The van der Waals surface area contributed by atoms with Crippen LogP contribution >= 0.6 is 24.0 Å². The quantitative estimate of drug-likeness (QED) is 0.397. The number of rotatable bonds is 6. The molecule has 0 aromatic heterocycles. The third kappa shape index (κ3) is 7.38. The Balaban J connectivity index is 0.00000529. The van der Waals surface area contributed by atoms with Crippen molar-refractivity contribution in [2.45, 2.75) is 39.0 Å². The van der Waals surface area contributed by atoms with E-state index in [1.165, 1.54) is 5.56 Å². The van der Waals surface area contributed by atoms with Crippen molar-refractivity contribution in [1.82, 2.24) is 10.2 Å². The van der Waals surface area contributed by atoms with Gasteiger partial charge in [0.15, 0.2) is 15.8 Å². The van der Waals surface area contributed by atoms with Crippen molar-refractivity contribution < 1.29 is 8.42 Å². The Morgan fingerprint density at radius 3 is 2.29 bits per heavy atom. The Kier molecular flexibility index (Phi) is 9.87. The average Bonchev–Trinajstić information content (AvgIpc) is 2.46. The Bertz CT molecular complexity index is 610. The molecule has 5 nitrogen and oxygen atoms in total. The number of hydrogen-bond donors (Lipinski definition) is 1. The highest BCUT2D eigenvalue weighted by Gasteiger charge is 2.28. The maximum absolute atomic E-state index is 12.1. The normalized spacial score (nSPS) is 12.5. The standard InChI is InChI=1S/C17H29N3O2S.HI/c1-6-18-16(19-12-13-23(21,22)17(2,3)4)20(5)14-15-10-8-7-9-11-15;/h7-11H,6,12-14H2,1-5H3,(H,18,19);1H. The highest BCUT2D eigenvalue weighted by atomic mass is 127. The minimum Gasteiger partial charge on any atom is -0.357 e. The van der Waals surface area contributed by atoms with E-state index in [4.69, 9.17) is 0 Å². The predicted molar refractivity (Wildman–Crippen MR) is 113 cm³/mol. The van der Waals surface area contributed by atoms with E-state index in [-0.39, 0.29) is 36.3 Å². The molecule has 0 amide bonds. The minimum atomic E-state index is -3.15. The van der Waals surface area contributed by atoms with Crippen molar-refractivity contribution in [2.24, 2.45) is 4.99 Å². The van der Waals surface area contributed by atoms with Crippen LogP contribution in [0.25, 0.3) is 0 Å². The van der Waals surface area contributed by atoms with Crippen LogP contribution in [0.1, 0.15) is 33.3 Å². The average molecular weight is 467 g/mol. The number of aliphatic imine (C=N–C) groups is 1. The first-order valence-corrected chi connectivity index (χ1v) is 9.58. The van der Waals surface area contributed by atoms with E-state index in [9.17, 15) is 8.42 Å². The molecule has 0 heterocycles. The largest absolute Gasteiger partial charge is 0.357 e. The van der Waals surface area contributed by atoms with E-state index < -0.39 is 14.6 Å². The molecule has 138 valence electrons. The fourth-order valence-corrected chi connectivity index (χ4v) is 2.92. The lowest BCUT2D eigenvalue weighted by Crippen LogP contribution is -2.39. The third-order valence-corrected chi connectivity index (χ3v) is 6.10. The molecule has 1 aromatic carbocycles. The molecule has 0 saturated carbocycles. The predicted octanol–water partition coefficient (Wildman–Crippen LogP) is 2.92. The Morgan fingerprint density at radius 1 is 1.21 bits per heavy atom. The molecule has 0 saturated heterocycles. The zero-order valence-corrected chi connectivity index (χ0v) is 18.4. The zero-order valence-electron chi connectivity index (χ0n) is 15.2. The van der Waals surface area contributed by atoms with E-state index in [0.717, 1.165) is 19.0 Å². The van der Waals surface area contributed by atoms with Crippen molar-refractivity contribution in [3.05, 3.63) is 35.9 Å². The van der Waals surface area contributed by atoms with Crippen LogP contribution < -0.4 is 5.32 Å². The summed E-state index contributed by atoms with van der Waals surface area (Å²) < 4.78 is 23.6. The van der Waals surface area contributed by atoms with Crippen LogP contribution in [0, 0.1) is 0 Å². The van der Waals surface area contributed by atoms with Crippen molar-refractivity contribution in [3.8, 4) is 0 Å². The molecule has 0 atom stereocenters. The Morgan fingerprint density at radius 2 is 1.79 bits per heavy atom. The van der Waals surface area contributed by atoms with Crippen molar-refractivity contribution in [3.63, 3.8) is 0 Å². The van der Waals surface area contributed by atoms with Gasteiger partial charge in [-0.25, -0.2) is 8.42 Å². The molecular weight excluding hydrogens is 437 g/mol. The fourth-order valence-electron chi connectivity index (χ4n) is 1.98. The number of halogens is 1. The van der Waals surface area contributed by atoms with Crippen LogP contribution in [0.4, 0.5) is 0 Å². The summed E-state index contributed by atoms with van der Waals surface area (Å²) in [4.78, 5) is 6.46. The van der Waals surface area contributed by atoms with Gasteiger partial charge in [0.1, 0.15) is 0 Å². The van der Waals surface area contributed by atoms with Gasteiger partial charge in [0.25, 0.3) is 0 Å². The first-order valence-electron chi connectivity index (χ1n) is 7.93. The molecule has 0 aliphatic heterocycles. The summed E-state index contributed by atoms with van der Waals surface area (Å²) in [5.41, 5.74) is 1.18. The van der Waals surface area contributed by atoms with E-state index in [0.29, 0.717) is 0 Å². The smallest absolute Gasteiger partial charge is 0.193 e. The number of benzene rings is 1. The van der Waals surface area contributed by atoms with E-state index in [1.54, 1.807) is 20.8 Å². The maximum Gasteiger partial charge on any atom is 0.193 e. The summed E-state index contributed by atoms with van der Waals surface area (Å²) in [5.74, 6) is 0.783. The molecule has 0 radical (unpaired) electrons. The SMILES string of the molecule is CCNC(=NCCS(=O)(=O)C(C)(C)C)N(C)Cc1ccccc1.I. The van der Waals surface area contributed by atoms with Gasteiger partial charge < -0.3 is 10.2 Å². The molecular formula is C17H30IN3O2S. The fraction of sp³-hybridized carbons (Fsp3) is 0.588. The van der Waals surface area contributed by atoms with Crippen LogP contribution in [-0.4, -0.2) is 49.9 Å². The van der Waals surface area contributed by atoms with Gasteiger partial charge >= 0.3 is 0 Å². The van der Waals surface area contributed by atoms with Crippen molar-refractivity contribution >= 4 is 39.8 Å². The van der Waals surface area contributed by atoms with Gasteiger partial charge in [0, 0.05) is 20.1 Å². The highest BCUT2D eigenvalue weighted by molar-refractivity contribution is 14.0. The summed E-state index contributed by atoms with van der Waals surface area (Å²) >= 11 is 0. The van der Waals surface area contributed by atoms with Gasteiger partial charge in [-0.05, 0) is 33.3 Å². The monoisotopic (exact) mass is 467 g/mol. The van der Waals surface area contributed by atoms with Crippen LogP contribution in [0.15, 0.2) is 35.3 Å². The molecule has 0 aliphatic carbocycles. The molecule has 1 rings (SSSR count). The zero-order chi connectivity index (χ0) is 17.5. The van der Waals surface area contributed by atoms with Crippen LogP contribution in [0.2, 0.25) is 0 Å². The molecule has 1 N–H and O–H groups in total. The second-order valence-electron chi connectivity index (χ2n) is 6.51. The maximum atomic E-state index is 12.1. The molecule has 0 spiro atoms. The second kappa shape index (κ2) is 10.2. The number of hydrogen-bond acceptors (Lipinski definition) is 3. The molecule has 7 heteroatoms. The van der Waals surface area contributed by atoms with Crippen molar-refractivity contribution in [2.75, 3.05) is 25.9 Å². The highest BCUT2D eigenvalue weighted by Crippen LogP contribution is 2.15. The van der Waals surface area contributed by atoms with Crippen molar-refractivity contribution in [1.29, 1.82) is 0 Å². The molecule has 0 unspecified atom stereocenters. The number of nitrogens with zero attached hydrogens (tertiary/aromatic N) is 2. The van der Waals surface area contributed by atoms with Gasteiger partial charge in [0.2, 0.25) is 0 Å². The molecule has 0 aliphatic rings. The summed E-state index contributed by atoms with van der Waals surface area (Å²) in [6.07, 6.45) is 0. The molecule has 0 fully saturated rings. The van der Waals surface area contributed by atoms with Gasteiger partial charge in [-0.1, -0.05) is 30.3 Å². The molecule has 24 heavy (non-hydrogen) atoms. The summed E-state index contributed by atoms with van der Waals surface area (Å²) in [6, 6.07) is 10.1. The molecule has 1 aromatic rings.